The molecule has 2 aromatic heterocycles. The fourth-order valence-electron chi connectivity index (χ4n) is 2.41. The van der Waals surface area contributed by atoms with Crippen LogP contribution in [0.2, 0.25) is 0 Å². The van der Waals surface area contributed by atoms with E-state index in [1.165, 1.54) is 0 Å². The van der Waals surface area contributed by atoms with E-state index in [0.717, 1.165) is 34.8 Å². The van der Waals surface area contributed by atoms with Crippen molar-refractivity contribution in [3.05, 3.63) is 70.0 Å². The summed E-state index contributed by atoms with van der Waals surface area (Å²) in [7, 11) is -3.49. The third kappa shape index (κ3) is 4.27. The summed E-state index contributed by atoms with van der Waals surface area (Å²) in [6.07, 6.45) is 4.61. The molecule has 0 radical (unpaired) electrons. The number of sulfone groups is 1. The molecule has 1 aromatic carbocycles. The second-order valence-electron chi connectivity index (χ2n) is 5.69. The van der Waals surface area contributed by atoms with Crippen molar-refractivity contribution in [2.45, 2.75) is 17.3 Å². The highest BCUT2D eigenvalue weighted by atomic mass is 32.2. The summed E-state index contributed by atoms with van der Waals surface area (Å²) in [5, 5.41) is 18.5. The van der Waals surface area contributed by atoms with Crippen molar-refractivity contribution < 1.29 is 13.3 Å². The average Bonchev–Trinajstić information content (AvgIpc) is 3.22. The number of hydrogen-bond acceptors (Lipinski definition) is 7. The van der Waals surface area contributed by atoms with Crippen LogP contribution >= 0.6 is 11.3 Å². The lowest BCUT2D eigenvalue weighted by Crippen LogP contribution is -2.03. The third-order valence-corrected chi connectivity index (χ3v) is 6.48. The van der Waals surface area contributed by atoms with Crippen LogP contribution in [-0.4, -0.2) is 29.4 Å². The number of thiophene rings is 1. The van der Waals surface area contributed by atoms with Crippen LogP contribution in [0.1, 0.15) is 11.1 Å². The van der Waals surface area contributed by atoms with Gasteiger partial charge < -0.3 is 5.32 Å². The molecule has 0 aliphatic heterocycles. The number of hydrogen-bond donors (Lipinski definition) is 1. The first-order chi connectivity index (χ1) is 12.3. The summed E-state index contributed by atoms with van der Waals surface area (Å²) < 4.78 is 25.1. The van der Waals surface area contributed by atoms with E-state index in [4.69, 9.17) is 0 Å². The average molecular weight is 392 g/mol. The monoisotopic (exact) mass is 392 g/mol. The molecule has 0 atom stereocenters. The quantitative estimate of drug-likeness (QED) is 0.489. The molecular weight excluding hydrogens is 376 g/mol. The van der Waals surface area contributed by atoms with Crippen LogP contribution in [0.5, 0.6) is 0 Å². The zero-order valence-electron chi connectivity index (χ0n) is 13.8. The molecule has 136 valence electrons. The number of anilines is 1. The topological polar surface area (TPSA) is 107 Å². The largest absolute Gasteiger partial charge is 0.367 e. The standard InChI is InChI=1S/C16H16N4O4S2/c1-26(23,24)15-9-14(20(21)22)16(25-15)17-10-12-4-2-5-13(8-12)11-19-7-3-6-18-19/h2-9,17H,10-11H2,1H3. The Labute approximate surface area is 154 Å². The van der Waals surface area contributed by atoms with E-state index in [9.17, 15) is 18.5 Å². The lowest BCUT2D eigenvalue weighted by atomic mass is 10.1. The molecule has 0 aliphatic rings. The van der Waals surface area contributed by atoms with Gasteiger partial charge >= 0.3 is 5.69 Å². The highest BCUT2D eigenvalue weighted by molar-refractivity contribution is 7.92. The minimum absolute atomic E-state index is 0.0286. The van der Waals surface area contributed by atoms with Gasteiger partial charge in [-0.15, -0.1) is 0 Å². The molecule has 0 bridgehead atoms. The highest BCUT2D eigenvalue weighted by Crippen LogP contribution is 2.37. The van der Waals surface area contributed by atoms with Crippen LogP contribution in [-0.2, 0) is 22.9 Å². The lowest BCUT2D eigenvalue weighted by Gasteiger charge is -2.07. The van der Waals surface area contributed by atoms with Crippen molar-refractivity contribution in [1.29, 1.82) is 0 Å². The maximum atomic E-state index is 11.6. The molecule has 10 heteroatoms. The van der Waals surface area contributed by atoms with Gasteiger partial charge in [-0.1, -0.05) is 35.6 Å². The summed E-state index contributed by atoms with van der Waals surface area (Å²) in [4.78, 5) is 10.6. The Hall–Kier alpha value is -2.72. The van der Waals surface area contributed by atoms with Gasteiger partial charge in [0.05, 0.1) is 11.5 Å². The first-order valence-corrected chi connectivity index (χ1v) is 10.3. The van der Waals surface area contributed by atoms with Gasteiger partial charge in [0.25, 0.3) is 0 Å². The summed E-state index contributed by atoms with van der Waals surface area (Å²) in [6.45, 7) is 0.968. The van der Waals surface area contributed by atoms with Crippen LogP contribution in [0.15, 0.2) is 53.0 Å². The van der Waals surface area contributed by atoms with E-state index < -0.39 is 14.8 Å². The summed E-state index contributed by atoms with van der Waals surface area (Å²) in [6, 6.07) is 10.7. The molecule has 0 saturated carbocycles. The van der Waals surface area contributed by atoms with Gasteiger partial charge in [-0.05, 0) is 17.2 Å². The van der Waals surface area contributed by atoms with Crippen LogP contribution in [0, 0.1) is 10.1 Å². The number of benzene rings is 1. The minimum atomic E-state index is -3.49. The van der Waals surface area contributed by atoms with E-state index in [1.54, 1.807) is 10.9 Å². The highest BCUT2D eigenvalue weighted by Gasteiger charge is 2.23. The Bertz CT molecular complexity index is 1030. The van der Waals surface area contributed by atoms with Crippen molar-refractivity contribution in [2.24, 2.45) is 0 Å². The molecule has 3 rings (SSSR count). The number of nitrogens with one attached hydrogen (secondary N) is 1. The van der Waals surface area contributed by atoms with Crippen LogP contribution in [0.25, 0.3) is 0 Å². The summed E-state index contributed by atoms with van der Waals surface area (Å²) in [5.41, 5.74) is 1.74. The van der Waals surface area contributed by atoms with Gasteiger partial charge in [0.15, 0.2) is 14.8 Å². The van der Waals surface area contributed by atoms with Crippen molar-refractivity contribution in [2.75, 3.05) is 11.6 Å². The normalized spacial score (nSPS) is 11.4. The Balaban J connectivity index is 1.77. The minimum Gasteiger partial charge on any atom is -0.367 e. The molecule has 0 amide bonds. The van der Waals surface area contributed by atoms with Gasteiger partial charge in [0, 0.05) is 31.3 Å². The fourth-order valence-corrected chi connectivity index (χ4v) is 4.34. The van der Waals surface area contributed by atoms with Gasteiger partial charge in [-0.2, -0.15) is 5.10 Å². The zero-order chi connectivity index (χ0) is 18.7. The molecule has 0 fully saturated rings. The second-order valence-corrected chi connectivity index (χ2v) is 8.98. The first kappa shape index (κ1) is 18.1. The molecule has 0 unspecified atom stereocenters. The molecule has 0 spiro atoms. The maximum absolute atomic E-state index is 11.6. The van der Waals surface area contributed by atoms with Crippen LogP contribution < -0.4 is 5.32 Å². The van der Waals surface area contributed by atoms with Gasteiger partial charge in [-0.3, -0.25) is 14.8 Å². The van der Waals surface area contributed by atoms with E-state index in [2.05, 4.69) is 10.4 Å². The first-order valence-electron chi connectivity index (χ1n) is 7.60. The zero-order valence-corrected chi connectivity index (χ0v) is 15.5. The van der Waals surface area contributed by atoms with E-state index in [0.29, 0.717) is 13.1 Å². The van der Waals surface area contributed by atoms with Crippen LogP contribution in [0.3, 0.4) is 0 Å². The maximum Gasteiger partial charge on any atom is 0.304 e. The molecular formula is C16H16N4O4S2. The molecule has 3 aromatic rings. The second kappa shape index (κ2) is 7.26. The van der Waals surface area contributed by atoms with Gasteiger partial charge in [0.2, 0.25) is 0 Å². The van der Waals surface area contributed by atoms with Crippen molar-refractivity contribution >= 4 is 31.9 Å². The van der Waals surface area contributed by atoms with Gasteiger partial charge in [-0.25, -0.2) is 8.42 Å². The predicted molar refractivity (Wildman–Crippen MR) is 99.2 cm³/mol. The SMILES string of the molecule is CS(=O)(=O)c1cc([N+](=O)[O-])c(NCc2cccc(Cn3cccn3)c2)s1. The Kier molecular flexibility index (Phi) is 5.05. The third-order valence-electron chi connectivity index (χ3n) is 3.60. The smallest absolute Gasteiger partial charge is 0.304 e. The van der Waals surface area contributed by atoms with Crippen molar-refractivity contribution in [3.8, 4) is 0 Å². The van der Waals surface area contributed by atoms with Gasteiger partial charge in [0.1, 0.15) is 4.21 Å². The van der Waals surface area contributed by atoms with E-state index >= 15 is 0 Å². The molecule has 1 N–H and O–H groups in total. The number of rotatable bonds is 7. The number of nitrogens with zero attached hydrogens (tertiary/aromatic N) is 3. The van der Waals surface area contributed by atoms with Crippen LogP contribution in [0.4, 0.5) is 10.7 Å². The predicted octanol–water partition coefficient (Wildman–Crippen LogP) is 2.92. The lowest BCUT2D eigenvalue weighted by molar-refractivity contribution is -0.383. The molecule has 26 heavy (non-hydrogen) atoms. The summed E-state index contributed by atoms with van der Waals surface area (Å²) >= 11 is 0.867. The molecule has 2 heterocycles. The Morgan fingerprint density at radius 3 is 2.69 bits per heavy atom. The number of aromatic nitrogens is 2. The Morgan fingerprint density at radius 1 is 1.27 bits per heavy atom. The van der Waals surface area contributed by atoms with Crippen molar-refractivity contribution in [1.82, 2.24) is 9.78 Å². The molecule has 0 aliphatic carbocycles. The summed E-state index contributed by atoms with van der Waals surface area (Å²) in [5.74, 6) is 0. The van der Waals surface area contributed by atoms with E-state index in [-0.39, 0.29) is 14.9 Å². The fraction of sp³-hybridized carbons (Fsp3) is 0.188. The van der Waals surface area contributed by atoms with Crippen molar-refractivity contribution in [3.63, 3.8) is 0 Å². The number of nitro groups is 1. The Morgan fingerprint density at radius 2 is 2.04 bits per heavy atom. The molecule has 8 nitrogen and oxygen atoms in total. The molecule has 0 saturated heterocycles. The van der Waals surface area contributed by atoms with E-state index in [1.807, 2.05) is 36.5 Å².